The number of benzene rings is 2. The van der Waals surface area contributed by atoms with Gasteiger partial charge in [0.15, 0.2) is 5.65 Å². The lowest BCUT2D eigenvalue weighted by Gasteiger charge is -2.23. The number of ether oxygens (including phenoxy) is 1. The maximum absolute atomic E-state index is 9.71. The van der Waals surface area contributed by atoms with Gasteiger partial charge in [-0.3, -0.25) is 0 Å². The average molecular weight is 451 g/mol. The van der Waals surface area contributed by atoms with Gasteiger partial charge in [0.05, 0.1) is 24.3 Å². The van der Waals surface area contributed by atoms with Crippen molar-refractivity contribution in [2.75, 3.05) is 6.61 Å². The first-order valence-corrected chi connectivity index (χ1v) is 12.2. The number of hydrogen-bond donors (Lipinski definition) is 0. The molecule has 0 saturated carbocycles. The standard InChI is InChI=1S/C29H30N4O/c1-4-27-32-28-19(2)15-20(3)31-29(28)33(27)18-21-8-10-22(11-9-21)25-16-23(12-13-24(25)17-30)26-7-5-6-14-34-26/h8-13,15-16,26H,4-7,14,18H2,1-3H3. The van der Waals surface area contributed by atoms with E-state index in [1.807, 2.05) is 19.1 Å². The molecule has 0 radical (unpaired) electrons. The number of nitriles is 1. The van der Waals surface area contributed by atoms with Crippen LogP contribution < -0.4 is 0 Å². The lowest BCUT2D eigenvalue weighted by Crippen LogP contribution is -2.11. The number of aryl methyl sites for hydroxylation is 3. The normalized spacial score (nSPS) is 16.0. The van der Waals surface area contributed by atoms with Gasteiger partial charge in [-0.2, -0.15) is 5.26 Å². The van der Waals surface area contributed by atoms with Crippen molar-refractivity contribution in [3.05, 3.63) is 82.3 Å². The van der Waals surface area contributed by atoms with Gasteiger partial charge in [-0.25, -0.2) is 9.97 Å². The highest BCUT2D eigenvalue weighted by Crippen LogP contribution is 2.33. The minimum atomic E-state index is 0.126. The number of rotatable bonds is 5. The molecule has 1 saturated heterocycles. The highest BCUT2D eigenvalue weighted by Gasteiger charge is 2.18. The minimum absolute atomic E-state index is 0.126. The number of aromatic nitrogens is 3. The molecule has 1 aliphatic heterocycles. The molecule has 2 aromatic heterocycles. The van der Waals surface area contributed by atoms with E-state index in [2.05, 4.69) is 60.9 Å². The molecular weight excluding hydrogens is 420 g/mol. The molecule has 1 aliphatic rings. The van der Waals surface area contributed by atoms with Crippen LogP contribution in [0.1, 0.15) is 66.1 Å². The van der Waals surface area contributed by atoms with Gasteiger partial charge in [0, 0.05) is 18.7 Å². The average Bonchev–Trinajstić information content (AvgIpc) is 3.22. The Morgan fingerprint density at radius 3 is 2.59 bits per heavy atom. The SMILES string of the molecule is CCc1nc2c(C)cc(C)nc2n1Cc1ccc(-c2cc(C3CCCCO3)ccc2C#N)cc1. The fraction of sp³-hybridized carbons (Fsp3) is 0.345. The monoisotopic (exact) mass is 450 g/mol. The van der Waals surface area contributed by atoms with Crippen LogP contribution in [0.4, 0.5) is 0 Å². The molecule has 5 nitrogen and oxygen atoms in total. The summed E-state index contributed by atoms with van der Waals surface area (Å²) in [6.45, 7) is 7.79. The second kappa shape index (κ2) is 9.40. The van der Waals surface area contributed by atoms with E-state index in [1.54, 1.807) is 0 Å². The highest BCUT2D eigenvalue weighted by molar-refractivity contribution is 5.76. The van der Waals surface area contributed by atoms with E-state index in [0.29, 0.717) is 5.56 Å². The molecule has 0 amide bonds. The maximum atomic E-state index is 9.71. The number of fused-ring (bicyclic) bond motifs is 1. The Balaban J connectivity index is 1.47. The van der Waals surface area contributed by atoms with Crippen molar-refractivity contribution in [3.8, 4) is 17.2 Å². The van der Waals surface area contributed by atoms with Crippen molar-refractivity contribution < 1.29 is 4.74 Å². The van der Waals surface area contributed by atoms with E-state index < -0.39 is 0 Å². The lowest BCUT2D eigenvalue weighted by atomic mass is 9.93. The summed E-state index contributed by atoms with van der Waals surface area (Å²) in [4.78, 5) is 9.66. The van der Waals surface area contributed by atoms with Crippen LogP contribution in [-0.2, 0) is 17.7 Å². The van der Waals surface area contributed by atoms with Crippen LogP contribution in [0.25, 0.3) is 22.3 Å². The van der Waals surface area contributed by atoms with Gasteiger partial charge in [0.1, 0.15) is 11.3 Å². The first kappa shape index (κ1) is 22.3. The summed E-state index contributed by atoms with van der Waals surface area (Å²) in [5.74, 6) is 1.05. The number of hydrogen-bond acceptors (Lipinski definition) is 4. The van der Waals surface area contributed by atoms with Gasteiger partial charge in [-0.05, 0) is 79.1 Å². The Morgan fingerprint density at radius 1 is 1.06 bits per heavy atom. The van der Waals surface area contributed by atoms with Crippen molar-refractivity contribution in [1.82, 2.24) is 14.5 Å². The number of imidazole rings is 1. The summed E-state index contributed by atoms with van der Waals surface area (Å²) in [5, 5.41) is 9.71. The molecule has 3 heterocycles. The van der Waals surface area contributed by atoms with Crippen LogP contribution in [0.2, 0.25) is 0 Å². The Bertz CT molecular complexity index is 1370. The van der Waals surface area contributed by atoms with Gasteiger partial charge in [-0.15, -0.1) is 0 Å². The third-order valence-electron chi connectivity index (χ3n) is 6.74. The molecule has 1 unspecified atom stereocenters. The predicted octanol–water partition coefficient (Wildman–Crippen LogP) is 6.44. The lowest BCUT2D eigenvalue weighted by molar-refractivity contribution is 0.0150. The van der Waals surface area contributed by atoms with Crippen molar-refractivity contribution in [2.45, 2.75) is 59.1 Å². The fourth-order valence-corrected chi connectivity index (χ4v) is 4.96. The zero-order valence-corrected chi connectivity index (χ0v) is 20.1. The molecule has 2 aromatic carbocycles. The molecule has 34 heavy (non-hydrogen) atoms. The molecule has 4 aromatic rings. The molecule has 172 valence electrons. The Labute approximate surface area is 201 Å². The molecule has 0 spiro atoms. The summed E-state index contributed by atoms with van der Waals surface area (Å²) in [6.07, 6.45) is 4.33. The third-order valence-corrected chi connectivity index (χ3v) is 6.74. The molecule has 5 rings (SSSR count). The first-order chi connectivity index (χ1) is 16.6. The first-order valence-electron chi connectivity index (χ1n) is 12.2. The third kappa shape index (κ3) is 4.22. The van der Waals surface area contributed by atoms with E-state index in [1.165, 1.54) is 12.0 Å². The van der Waals surface area contributed by atoms with E-state index in [0.717, 1.165) is 77.4 Å². The predicted molar refractivity (Wildman–Crippen MR) is 135 cm³/mol. The topological polar surface area (TPSA) is 63.7 Å². The molecule has 0 bridgehead atoms. The maximum Gasteiger partial charge on any atom is 0.160 e. The van der Waals surface area contributed by atoms with E-state index in [-0.39, 0.29) is 6.10 Å². The summed E-state index contributed by atoms with van der Waals surface area (Å²) in [6, 6.07) is 19.1. The van der Waals surface area contributed by atoms with E-state index in [4.69, 9.17) is 14.7 Å². The van der Waals surface area contributed by atoms with E-state index >= 15 is 0 Å². The van der Waals surface area contributed by atoms with Gasteiger partial charge in [0.2, 0.25) is 0 Å². The van der Waals surface area contributed by atoms with Crippen molar-refractivity contribution in [2.24, 2.45) is 0 Å². The van der Waals surface area contributed by atoms with Gasteiger partial charge in [-0.1, -0.05) is 37.3 Å². The number of pyridine rings is 1. The molecule has 1 fully saturated rings. The molecular formula is C29H30N4O. The Kier molecular flexibility index (Phi) is 6.17. The Morgan fingerprint density at radius 2 is 1.88 bits per heavy atom. The van der Waals surface area contributed by atoms with Crippen LogP contribution in [0, 0.1) is 25.2 Å². The van der Waals surface area contributed by atoms with Crippen LogP contribution in [0.3, 0.4) is 0 Å². The summed E-state index contributed by atoms with van der Waals surface area (Å²) >= 11 is 0. The largest absolute Gasteiger partial charge is 0.374 e. The van der Waals surface area contributed by atoms with Crippen molar-refractivity contribution in [3.63, 3.8) is 0 Å². The molecule has 0 aliphatic carbocycles. The van der Waals surface area contributed by atoms with Crippen LogP contribution in [0.15, 0.2) is 48.5 Å². The van der Waals surface area contributed by atoms with Gasteiger partial charge >= 0.3 is 0 Å². The zero-order valence-electron chi connectivity index (χ0n) is 20.1. The second-order valence-electron chi connectivity index (χ2n) is 9.19. The van der Waals surface area contributed by atoms with Crippen LogP contribution in [0.5, 0.6) is 0 Å². The number of nitrogens with zero attached hydrogens (tertiary/aromatic N) is 4. The zero-order chi connectivity index (χ0) is 23.7. The summed E-state index contributed by atoms with van der Waals surface area (Å²) < 4.78 is 8.21. The van der Waals surface area contributed by atoms with Crippen LogP contribution >= 0.6 is 0 Å². The molecule has 0 N–H and O–H groups in total. The minimum Gasteiger partial charge on any atom is -0.374 e. The van der Waals surface area contributed by atoms with Crippen molar-refractivity contribution >= 4 is 11.2 Å². The van der Waals surface area contributed by atoms with E-state index in [9.17, 15) is 5.26 Å². The summed E-state index contributed by atoms with van der Waals surface area (Å²) in [7, 11) is 0. The van der Waals surface area contributed by atoms with Crippen molar-refractivity contribution in [1.29, 1.82) is 5.26 Å². The Hall–Kier alpha value is -3.49. The highest BCUT2D eigenvalue weighted by atomic mass is 16.5. The molecule has 5 heteroatoms. The second-order valence-corrected chi connectivity index (χ2v) is 9.19. The van der Waals surface area contributed by atoms with Gasteiger partial charge < -0.3 is 9.30 Å². The molecule has 1 atom stereocenters. The quantitative estimate of drug-likeness (QED) is 0.351. The smallest absolute Gasteiger partial charge is 0.160 e. The van der Waals surface area contributed by atoms with Crippen LogP contribution in [-0.4, -0.2) is 21.1 Å². The van der Waals surface area contributed by atoms with Gasteiger partial charge in [0.25, 0.3) is 0 Å². The summed E-state index contributed by atoms with van der Waals surface area (Å²) in [5.41, 5.74) is 9.16. The fourth-order valence-electron chi connectivity index (χ4n) is 4.96.